The van der Waals surface area contributed by atoms with Gasteiger partial charge in [-0.3, -0.25) is 13.9 Å². The van der Waals surface area contributed by atoms with Gasteiger partial charge in [0.2, 0.25) is 11.8 Å². The average Bonchev–Trinajstić information content (AvgIpc) is 3.00. The molecule has 0 unspecified atom stereocenters. The summed E-state index contributed by atoms with van der Waals surface area (Å²) in [4.78, 5) is 28.1. The van der Waals surface area contributed by atoms with E-state index in [1.807, 2.05) is 6.92 Å². The summed E-state index contributed by atoms with van der Waals surface area (Å²) in [7, 11) is -0.0803. The monoisotopic (exact) mass is 601 g/mol. The molecule has 0 saturated heterocycles. The SMILES string of the molecule is CCCNC(=O)[C@@H](C)N(Cc1cccc(OC)c1)C(=O)CN(c1ccc(F)cc1)S(=O)(=O)c1ccc(OC)c(OC)c1. The van der Waals surface area contributed by atoms with Gasteiger partial charge >= 0.3 is 0 Å². The molecule has 1 atom stereocenters. The highest BCUT2D eigenvalue weighted by Crippen LogP contribution is 2.32. The van der Waals surface area contributed by atoms with Crippen LogP contribution in [0.15, 0.2) is 71.6 Å². The second kappa shape index (κ2) is 14.5. The minimum absolute atomic E-state index is 0.00437. The van der Waals surface area contributed by atoms with E-state index in [-0.39, 0.29) is 28.8 Å². The van der Waals surface area contributed by atoms with Crippen molar-refractivity contribution in [2.24, 2.45) is 0 Å². The molecule has 1 N–H and O–H groups in total. The molecule has 0 radical (unpaired) electrons. The lowest BCUT2D eigenvalue weighted by molar-refractivity contribution is -0.139. The maximum absolute atomic E-state index is 14.0. The van der Waals surface area contributed by atoms with Gasteiger partial charge in [-0.15, -0.1) is 0 Å². The Hall–Kier alpha value is -4.32. The van der Waals surface area contributed by atoms with E-state index in [1.165, 1.54) is 56.6 Å². The Morgan fingerprint density at radius 1 is 0.929 bits per heavy atom. The summed E-state index contributed by atoms with van der Waals surface area (Å²) in [5.41, 5.74) is 0.734. The smallest absolute Gasteiger partial charge is 0.264 e. The topological polar surface area (TPSA) is 114 Å². The molecule has 0 aliphatic carbocycles. The van der Waals surface area contributed by atoms with Gasteiger partial charge in [-0.05, 0) is 67.4 Å². The van der Waals surface area contributed by atoms with E-state index >= 15 is 0 Å². The molecule has 226 valence electrons. The summed E-state index contributed by atoms with van der Waals surface area (Å²) in [6.45, 7) is 3.24. The Bertz CT molecular complexity index is 1480. The van der Waals surface area contributed by atoms with Crippen molar-refractivity contribution in [1.29, 1.82) is 0 Å². The summed E-state index contributed by atoms with van der Waals surface area (Å²) in [5.74, 6) is -0.557. The molecule has 0 bridgehead atoms. The van der Waals surface area contributed by atoms with E-state index in [0.717, 1.165) is 16.4 Å². The largest absolute Gasteiger partial charge is 0.497 e. The summed E-state index contributed by atoms with van der Waals surface area (Å²) in [6.07, 6.45) is 0.699. The molecule has 0 heterocycles. The van der Waals surface area contributed by atoms with Crippen molar-refractivity contribution in [3.05, 3.63) is 78.1 Å². The standard InChI is InChI=1S/C30H36FN3O7S/c1-6-16-32-30(36)21(2)33(19-22-8-7-9-25(17-22)39-3)29(35)20-34(24-12-10-23(31)11-13-24)42(37,38)26-14-15-27(40-4)28(18-26)41-5/h7-15,17-18,21H,6,16,19-20H2,1-5H3,(H,32,36)/t21-/m1/s1. The van der Waals surface area contributed by atoms with Gasteiger partial charge in [0.05, 0.1) is 31.9 Å². The van der Waals surface area contributed by atoms with Crippen LogP contribution in [0.3, 0.4) is 0 Å². The number of anilines is 1. The van der Waals surface area contributed by atoms with Crippen LogP contribution in [0, 0.1) is 5.82 Å². The van der Waals surface area contributed by atoms with Crippen LogP contribution >= 0.6 is 0 Å². The zero-order valence-corrected chi connectivity index (χ0v) is 25.1. The maximum Gasteiger partial charge on any atom is 0.264 e. The number of hydrogen-bond donors (Lipinski definition) is 1. The number of halogens is 1. The van der Waals surface area contributed by atoms with Crippen LogP contribution in [0.5, 0.6) is 17.2 Å². The third kappa shape index (κ3) is 7.69. The molecule has 3 aromatic rings. The number of benzene rings is 3. The predicted molar refractivity (Wildman–Crippen MR) is 157 cm³/mol. The normalized spacial score (nSPS) is 11.8. The molecule has 10 nitrogen and oxygen atoms in total. The van der Waals surface area contributed by atoms with E-state index in [0.29, 0.717) is 30.0 Å². The van der Waals surface area contributed by atoms with Gasteiger partial charge in [-0.25, -0.2) is 12.8 Å². The van der Waals surface area contributed by atoms with E-state index in [9.17, 15) is 22.4 Å². The number of ether oxygens (including phenoxy) is 3. The van der Waals surface area contributed by atoms with Crippen molar-refractivity contribution in [3.8, 4) is 17.2 Å². The van der Waals surface area contributed by atoms with Gasteiger partial charge in [0.25, 0.3) is 10.0 Å². The first kappa shape index (κ1) is 32.2. The minimum atomic E-state index is -4.39. The number of carbonyl (C=O) groups excluding carboxylic acids is 2. The lowest BCUT2D eigenvalue weighted by Crippen LogP contribution is -2.51. The molecule has 0 aliphatic rings. The molecular weight excluding hydrogens is 565 g/mol. The van der Waals surface area contributed by atoms with Crippen LogP contribution in [0.25, 0.3) is 0 Å². The van der Waals surface area contributed by atoms with Crippen molar-refractivity contribution in [3.63, 3.8) is 0 Å². The Kier molecular flexibility index (Phi) is 11.1. The van der Waals surface area contributed by atoms with Crippen molar-refractivity contribution in [1.82, 2.24) is 10.2 Å². The van der Waals surface area contributed by atoms with Crippen molar-refractivity contribution < 1.29 is 36.6 Å². The van der Waals surface area contributed by atoms with Crippen molar-refractivity contribution in [2.75, 3.05) is 38.7 Å². The van der Waals surface area contributed by atoms with Crippen molar-refractivity contribution >= 4 is 27.5 Å². The van der Waals surface area contributed by atoms with Crippen LogP contribution in [0.2, 0.25) is 0 Å². The zero-order chi connectivity index (χ0) is 30.9. The molecule has 0 saturated carbocycles. The first-order valence-corrected chi connectivity index (χ1v) is 14.7. The van der Waals surface area contributed by atoms with Crippen LogP contribution in [0.1, 0.15) is 25.8 Å². The number of methoxy groups -OCH3 is 3. The summed E-state index contributed by atoms with van der Waals surface area (Å²) in [5, 5.41) is 2.79. The van der Waals surface area contributed by atoms with E-state index in [4.69, 9.17) is 14.2 Å². The molecule has 0 aromatic heterocycles. The fourth-order valence-corrected chi connectivity index (χ4v) is 5.62. The fraction of sp³-hybridized carbons (Fsp3) is 0.333. The van der Waals surface area contributed by atoms with Gasteiger partial charge in [0, 0.05) is 19.2 Å². The zero-order valence-electron chi connectivity index (χ0n) is 24.3. The lowest BCUT2D eigenvalue weighted by atomic mass is 10.1. The Labute approximate surface area is 246 Å². The van der Waals surface area contributed by atoms with Crippen LogP contribution in [-0.2, 0) is 26.2 Å². The summed E-state index contributed by atoms with van der Waals surface area (Å²) >= 11 is 0. The fourth-order valence-electron chi connectivity index (χ4n) is 4.19. The average molecular weight is 602 g/mol. The third-order valence-electron chi connectivity index (χ3n) is 6.54. The Morgan fingerprint density at radius 2 is 1.62 bits per heavy atom. The van der Waals surface area contributed by atoms with Gasteiger partial charge in [-0.2, -0.15) is 0 Å². The van der Waals surface area contributed by atoms with Gasteiger partial charge in [0.15, 0.2) is 11.5 Å². The number of hydrogen-bond acceptors (Lipinski definition) is 7. The molecular formula is C30H36FN3O7S. The molecule has 2 amide bonds. The second-order valence-corrected chi connectivity index (χ2v) is 11.2. The van der Waals surface area contributed by atoms with E-state index in [1.54, 1.807) is 31.2 Å². The number of nitrogens with one attached hydrogen (secondary N) is 1. The highest BCUT2D eigenvalue weighted by atomic mass is 32.2. The minimum Gasteiger partial charge on any atom is -0.497 e. The number of nitrogens with zero attached hydrogens (tertiary/aromatic N) is 2. The van der Waals surface area contributed by atoms with Crippen molar-refractivity contribution in [2.45, 2.75) is 37.8 Å². The predicted octanol–water partition coefficient (Wildman–Crippen LogP) is 3.99. The highest BCUT2D eigenvalue weighted by Gasteiger charge is 2.33. The second-order valence-electron chi connectivity index (χ2n) is 9.35. The Morgan fingerprint density at radius 3 is 2.24 bits per heavy atom. The van der Waals surface area contributed by atoms with E-state index in [2.05, 4.69) is 5.32 Å². The quantitative estimate of drug-likeness (QED) is 0.297. The molecule has 42 heavy (non-hydrogen) atoms. The van der Waals surface area contributed by atoms with Crippen LogP contribution in [0.4, 0.5) is 10.1 Å². The number of amides is 2. The summed E-state index contributed by atoms with van der Waals surface area (Å²) in [6, 6.07) is 14.9. The number of rotatable bonds is 14. The Balaban J connectivity index is 2.06. The first-order valence-electron chi connectivity index (χ1n) is 13.3. The van der Waals surface area contributed by atoms with Gasteiger partial charge in [-0.1, -0.05) is 19.1 Å². The van der Waals surface area contributed by atoms with Gasteiger partial charge in [0.1, 0.15) is 24.2 Å². The third-order valence-corrected chi connectivity index (χ3v) is 8.31. The molecule has 0 spiro atoms. The number of sulfonamides is 1. The van der Waals surface area contributed by atoms with E-state index < -0.39 is 34.3 Å². The first-order chi connectivity index (χ1) is 20.0. The molecule has 3 rings (SSSR count). The molecule has 0 fully saturated rings. The molecule has 12 heteroatoms. The molecule has 3 aromatic carbocycles. The summed E-state index contributed by atoms with van der Waals surface area (Å²) < 4.78 is 58.5. The maximum atomic E-state index is 14.0. The number of carbonyl (C=O) groups is 2. The lowest BCUT2D eigenvalue weighted by Gasteiger charge is -2.32. The molecule has 0 aliphatic heterocycles. The van der Waals surface area contributed by atoms with Gasteiger partial charge < -0.3 is 24.4 Å². The van der Waals surface area contributed by atoms with Crippen LogP contribution < -0.4 is 23.8 Å². The van der Waals surface area contributed by atoms with Crippen LogP contribution in [-0.4, -0.2) is 65.6 Å². The highest BCUT2D eigenvalue weighted by molar-refractivity contribution is 7.92.